The fourth-order valence-corrected chi connectivity index (χ4v) is 3.71. The normalized spacial score (nSPS) is 18.4. The van der Waals surface area contributed by atoms with Crippen molar-refractivity contribution in [3.63, 3.8) is 0 Å². The predicted molar refractivity (Wildman–Crippen MR) is 96.9 cm³/mol. The quantitative estimate of drug-likeness (QED) is 0.621. The first-order valence-electron chi connectivity index (χ1n) is 8.61. The summed E-state index contributed by atoms with van der Waals surface area (Å²) in [6.07, 6.45) is 3.31. The van der Waals surface area contributed by atoms with Crippen LogP contribution in [0.2, 0.25) is 0 Å². The molecule has 1 aliphatic carbocycles. The standard InChI is InChI=1S/C19H24N2O3S/c1-14(17(22)21-19(13-20)11-7-4-8-12-19)24-18(23)15(2)25-16-9-5-3-6-10-16/h3,5-6,9-10,14-15H,4,7-8,11-12H2,1-2H3,(H,21,22). The third-order valence-electron chi connectivity index (χ3n) is 4.33. The Labute approximate surface area is 153 Å². The van der Waals surface area contributed by atoms with E-state index >= 15 is 0 Å². The lowest BCUT2D eigenvalue weighted by Gasteiger charge is -2.32. The molecule has 1 amide bonds. The molecule has 0 aliphatic heterocycles. The number of esters is 1. The lowest BCUT2D eigenvalue weighted by Crippen LogP contribution is -2.52. The van der Waals surface area contributed by atoms with Crippen LogP contribution in [0.15, 0.2) is 35.2 Å². The van der Waals surface area contributed by atoms with Crippen molar-refractivity contribution in [3.05, 3.63) is 30.3 Å². The van der Waals surface area contributed by atoms with Crippen LogP contribution in [0.3, 0.4) is 0 Å². The van der Waals surface area contributed by atoms with Crippen LogP contribution in [0.1, 0.15) is 46.0 Å². The molecular formula is C19H24N2O3S. The molecule has 1 saturated carbocycles. The second-order valence-corrected chi connectivity index (χ2v) is 7.81. The molecule has 0 saturated heterocycles. The maximum Gasteiger partial charge on any atom is 0.319 e. The highest BCUT2D eigenvalue weighted by atomic mass is 32.2. The van der Waals surface area contributed by atoms with Gasteiger partial charge in [0, 0.05) is 4.90 Å². The summed E-state index contributed by atoms with van der Waals surface area (Å²) in [5.41, 5.74) is -0.819. The molecule has 25 heavy (non-hydrogen) atoms. The van der Waals surface area contributed by atoms with E-state index in [9.17, 15) is 14.9 Å². The van der Waals surface area contributed by atoms with Gasteiger partial charge >= 0.3 is 5.97 Å². The molecule has 5 nitrogen and oxygen atoms in total. The molecule has 1 aromatic rings. The molecule has 2 atom stereocenters. The van der Waals surface area contributed by atoms with Crippen molar-refractivity contribution in [1.82, 2.24) is 5.32 Å². The van der Waals surface area contributed by atoms with E-state index in [0.717, 1.165) is 24.2 Å². The van der Waals surface area contributed by atoms with Crippen LogP contribution in [0.4, 0.5) is 0 Å². The van der Waals surface area contributed by atoms with E-state index in [0.29, 0.717) is 12.8 Å². The Hall–Kier alpha value is -2.00. The molecular weight excluding hydrogens is 336 g/mol. The molecule has 6 heteroatoms. The molecule has 0 aromatic heterocycles. The van der Waals surface area contributed by atoms with E-state index in [1.165, 1.54) is 11.8 Å². The topological polar surface area (TPSA) is 79.2 Å². The number of nitrogens with zero attached hydrogens (tertiary/aromatic N) is 1. The highest BCUT2D eigenvalue weighted by molar-refractivity contribution is 8.00. The Bertz CT molecular complexity index is 636. The van der Waals surface area contributed by atoms with Crippen LogP contribution in [0.5, 0.6) is 0 Å². The molecule has 1 aromatic carbocycles. The van der Waals surface area contributed by atoms with Crippen molar-refractivity contribution in [2.24, 2.45) is 0 Å². The molecule has 1 aliphatic rings. The Morgan fingerprint density at radius 1 is 1.20 bits per heavy atom. The van der Waals surface area contributed by atoms with E-state index in [4.69, 9.17) is 4.74 Å². The van der Waals surface area contributed by atoms with E-state index in [-0.39, 0.29) is 0 Å². The number of hydrogen-bond acceptors (Lipinski definition) is 5. The van der Waals surface area contributed by atoms with E-state index in [1.807, 2.05) is 30.3 Å². The number of nitrogens with one attached hydrogen (secondary N) is 1. The minimum Gasteiger partial charge on any atom is -0.452 e. The SMILES string of the molecule is CC(OC(=O)C(C)Sc1ccccc1)C(=O)NC1(C#N)CCCCC1. The number of benzene rings is 1. The molecule has 0 spiro atoms. The number of thioether (sulfide) groups is 1. The van der Waals surface area contributed by atoms with Crippen molar-refractivity contribution in [3.8, 4) is 6.07 Å². The third kappa shape index (κ3) is 5.50. The van der Waals surface area contributed by atoms with Gasteiger partial charge in [0.15, 0.2) is 6.10 Å². The maximum atomic E-state index is 12.3. The molecule has 0 heterocycles. The first-order chi connectivity index (χ1) is 12.0. The van der Waals surface area contributed by atoms with E-state index in [1.54, 1.807) is 13.8 Å². The van der Waals surface area contributed by atoms with Crippen LogP contribution in [-0.4, -0.2) is 28.8 Å². The monoisotopic (exact) mass is 360 g/mol. The third-order valence-corrected chi connectivity index (χ3v) is 5.42. The Kier molecular flexibility index (Phi) is 6.89. The van der Waals surface area contributed by atoms with Gasteiger partial charge in [0.05, 0.1) is 6.07 Å². The second-order valence-electron chi connectivity index (χ2n) is 6.40. The molecule has 2 rings (SSSR count). The number of rotatable bonds is 6. The van der Waals surface area contributed by atoms with Gasteiger partial charge < -0.3 is 10.1 Å². The summed E-state index contributed by atoms with van der Waals surface area (Å²) in [6.45, 7) is 3.30. The fourth-order valence-electron chi connectivity index (χ4n) is 2.83. The molecule has 134 valence electrons. The lowest BCUT2D eigenvalue weighted by atomic mass is 9.83. The Morgan fingerprint density at radius 2 is 1.84 bits per heavy atom. The van der Waals surface area contributed by atoms with Gasteiger partial charge in [0.1, 0.15) is 10.8 Å². The van der Waals surface area contributed by atoms with Gasteiger partial charge in [-0.25, -0.2) is 0 Å². The van der Waals surface area contributed by atoms with Crippen molar-refractivity contribution < 1.29 is 14.3 Å². The summed E-state index contributed by atoms with van der Waals surface area (Å²) in [5.74, 6) is -0.847. The number of amides is 1. The second kappa shape index (κ2) is 8.91. The van der Waals surface area contributed by atoms with Crippen molar-refractivity contribution in [1.29, 1.82) is 5.26 Å². The van der Waals surface area contributed by atoms with Gasteiger partial charge in [0.2, 0.25) is 0 Å². The number of nitriles is 1. The van der Waals surface area contributed by atoms with Crippen LogP contribution in [-0.2, 0) is 14.3 Å². The van der Waals surface area contributed by atoms with Gasteiger partial charge in [-0.1, -0.05) is 37.5 Å². The number of carbonyl (C=O) groups is 2. The predicted octanol–water partition coefficient (Wildman–Crippen LogP) is 3.44. The van der Waals surface area contributed by atoms with Gasteiger partial charge in [-0.05, 0) is 38.8 Å². The van der Waals surface area contributed by atoms with Crippen LogP contribution >= 0.6 is 11.8 Å². The zero-order chi connectivity index (χ0) is 18.3. The molecule has 1 fully saturated rings. The van der Waals surface area contributed by atoms with Crippen molar-refractivity contribution in [2.75, 3.05) is 0 Å². The Balaban J connectivity index is 1.87. The number of carbonyl (C=O) groups excluding carboxylic acids is 2. The highest BCUT2D eigenvalue weighted by Gasteiger charge is 2.35. The molecule has 0 bridgehead atoms. The first kappa shape index (κ1) is 19.3. The maximum absolute atomic E-state index is 12.3. The first-order valence-corrected chi connectivity index (χ1v) is 9.49. The average Bonchev–Trinajstić information content (AvgIpc) is 2.63. The van der Waals surface area contributed by atoms with Gasteiger partial charge in [-0.3, -0.25) is 9.59 Å². The summed E-state index contributed by atoms with van der Waals surface area (Å²) in [6, 6.07) is 11.8. The summed E-state index contributed by atoms with van der Waals surface area (Å²) in [5, 5.41) is 11.8. The van der Waals surface area contributed by atoms with Crippen LogP contribution in [0.25, 0.3) is 0 Å². The Morgan fingerprint density at radius 3 is 2.44 bits per heavy atom. The lowest BCUT2D eigenvalue weighted by molar-refractivity contribution is -0.154. The summed E-state index contributed by atoms with van der Waals surface area (Å²) >= 11 is 1.39. The van der Waals surface area contributed by atoms with E-state index < -0.39 is 28.8 Å². The zero-order valence-electron chi connectivity index (χ0n) is 14.7. The van der Waals surface area contributed by atoms with Gasteiger partial charge in [-0.15, -0.1) is 11.8 Å². The average molecular weight is 360 g/mol. The molecule has 1 N–H and O–H groups in total. The smallest absolute Gasteiger partial charge is 0.319 e. The minimum atomic E-state index is -0.918. The highest BCUT2D eigenvalue weighted by Crippen LogP contribution is 2.28. The molecule has 0 radical (unpaired) electrons. The summed E-state index contributed by atoms with van der Waals surface area (Å²) in [4.78, 5) is 25.5. The van der Waals surface area contributed by atoms with Crippen LogP contribution in [0, 0.1) is 11.3 Å². The summed E-state index contributed by atoms with van der Waals surface area (Å²) in [7, 11) is 0. The van der Waals surface area contributed by atoms with Gasteiger partial charge in [0.25, 0.3) is 5.91 Å². The fraction of sp³-hybridized carbons (Fsp3) is 0.526. The van der Waals surface area contributed by atoms with Crippen molar-refractivity contribution in [2.45, 2.75) is 67.7 Å². The largest absolute Gasteiger partial charge is 0.452 e. The number of hydrogen-bond donors (Lipinski definition) is 1. The summed E-state index contributed by atoms with van der Waals surface area (Å²) < 4.78 is 5.30. The van der Waals surface area contributed by atoms with Crippen LogP contribution < -0.4 is 5.32 Å². The van der Waals surface area contributed by atoms with Gasteiger partial charge in [-0.2, -0.15) is 5.26 Å². The zero-order valence-corrected chi connectivity index (χ0v) is 15.5. The minimum absolute atomic E-state index is 0.409. The number of ether oxygens (including phenoxy) is 1. The van der Waals surface area contributed by atoms with E-state index in [2.05, 4.69) is 11.4 Å². The molecule has 2 unspecified atom stereocenters. The van der Waals surface area contributed by atoms with Crippen molar-refractivity contribution >= 4 is 23.6 Å².